The van der Waals surface area contributed by atoms with Gasteiger partial charge in [0.2, 0.25) is 0 Å². The first-order chi connectivity index (χ1) is 9.75. The summed E-state index contributed by atoms with van der Waals surface area (Å²) in [5, 5.41) is 3.64. The Kier molecular flexibility index (Phi) is 3.79. The minimum absolute atomic E-state index is 0.224. The summed E-state index contributed by atoms with van der Waals surface area (Å²) in [6.45, 7) is 2.50. The number of rotatable bonds is 2. The molecule has 2 nitrogen and oxygen atoms in total. The van der Waals surface area contributed by atoms with Crippen LogP contribution >= 0.6 is 11.6 Å². The molecule has 4 heteroatoms. The average molecular weight is 291 g/mol. The van der Waals surface area contributed by atoms with Gasteiger partial charge in [-0.05, 0) is 30.2 Å². The van der Waals surface area contributed by atoms with Gasteiger partial charge in [0.15, 0.2) is 0 Å². The Balaban J connectivity index is 1.92. The second-order valence-electron chi connectivity index (χ2n) is 4.93. The fourth-order valence-corrected chi connectivity index (χ4v) is 2.74. The van der Waals surface area contributed by atoms with Gasteiger partial charge in [0.05, 0.1) is 16.4 Å². The molecule has 3 rings (SSSR count). The molecule has 1 aliphatic heterocycles. The van der Waals surface area contributed by atoms with Crippen LogP contribution in [0.15, 0.2) is 42.5 Å². The molecule has 0 bridgehead atoms. The number of benzene rings is 2. The SMILES string of the molecule is Fc1cccc(CN2CCCNc3ccccc32)c1Cl. The summed E-state index contributed by atoms with van der Waals surface area (Å²) in [4.78, 5) is 2.25. The highest BCUT2D eigenvalue weighted by Crippen LogP contribution is 2.30. The zero-order valence-electron chi connectivity index (χ0n) is 11.1. The van der Waals surface area contributed by atoms with E-state index in [0.717, 1.165) is 36.4 Å². The van der Waals surface area contributed by atoms with Crippen LogP contribution < -0.4 is 10.2 Å². The Morgan fingerprint density at radius 2 is 2.00 bits per heavy atom. The van der Waals surface area contributed by atoms with Crippen LogP contribution in [0.25, 0.3) is 0 Å². The van der Waals surface area contributed by atoms with Gasteiger partial charge in [0.25, 0.3) is 0 Å². The predicted octanol–water partition coefficient (Wildman–Crippen LogP) is 4.30. The van der Waals surface area contributed by atoms with E-state index in [2.05, 4.69) is 22.3 Å². The van der Waals surface area contributed by atoms with Crippen LogP contribution in [0.2, 0.25) is 5.02 Å². The van der Waals surface area contributed by atoms with Crippen LogP contribution in [0.3, 0.4) is 0 Å². The van der Waals surface area contributed by atoms with Gasteiger partial charge in [0.1, 0.15) is 5.82 Å². The lowest BCUT2D eigenvalue weighted by Crippen LogP contribution is -2.23. The fraction of sp³-hybridized carbons (Fsp3) is 0.250. The molecule has 0 aromatic heterocycles. The number of hydrogen-bond acceptors (Lipinski definition) is 2. The quantitative estimate of drug-likeness (QED) is 0.887. The lowest BCUT2D eigenvalue weighted by atomic mass is 10.1. The number of para-hydroxylation sites is 2. The van der Waals surface area contributed by atoms with Crippen LogP contribution in [0.5, 0.6) is 0 Å². The molecule has 1 N–H and O–H groups in total. The maximum atomic E-state index is 13.5. The van der Waals surface area contributed by atoms with Crippen molar-refractivity contribution >= 4 is 23.0 Å². The molecule has 1 aliphatic rings. The highest BCUT2D eigenvalue weighted by Gasteiger charge is 2.16. The first-order valence-corrected chi connectivity index (χ1v) is 7.14. The van der Waals surface area contributed by atoms with Crippen LogP contribution in [0, 0.1) is 5.82 Å². The fourth-order valence-electron chi connectivity index (χ4n) is 2.55. The maximum absolute atomic E-state index is 13.5. The number of fused-ring (bicyclic) bond motifs is 1. The van der Waals surface area contributed by atoms with E-state index in [1.807, 2.05) is 18.2 Å². The Hall–Kier alpha value is -1.74. The molecule has 2 aromatic rings. The van der Waals surface area contributed by atoms with Crippen molar-refractivity contribution in [3.63, 3.8) is 0 Å². The highest BCUT2D eigenvalue weighted by atomic mass is 35.5. The zero-order valence-corrected chi connectivity index (χ0v) is 11.8. The Morgan fingerprint density at radius 3 is 2.90 bits per heavy atom. The van der Waals surface area contributed by atoms with Crippen molar-refractivity contribution in [1.82, 2.24) is 0 Å². The summed E-state index contributed by atoms with van der Waals surface area (Å²) in [5.41, 5.74) is 3.09. The second-order valence-corrected chi connectivity index (χ2v) is 5.31. The monoisotopic (exact) mass is 290 g/mol. The Bertz CT molecular complexity index is 615. The van der Waals surface area contributed by atoms with Crippen LogP contribution in [0.4, 0.5) is 15.8 Å². The third-order valence-electron chi connectivity index (χ3n) is 3.56. The predicted molar refractivity (Wildman–Crippen MR) is 82.0 cm³/mol. The van der Waals surface area contributed by atoms with E-state index in [1.54, 1.807) is 6.07 Å². The first kappa shape index (κ1) is 13.3. The number of nitrogens with one attached hydrogen (secondary N) is 1. The molecule has 0 spiro atoms. The number of halogens is 2. The smallest absolute Gasteiger partial charge is 0.142 e. The minimum Gasteiger partial charge on any atom is -0.383 e. The van der Waals surface area contributed by atoms with Crippen LogP contribution in [-0.4, -0.2) is 13.1 Å². The van der Waals surface area contributed by atoms with Crippen molar-refractivity contribution in [2.24, 2.45) is 0 Å². The summed E-state index contributed by atoms with van der Waals surface area (Å²) < 4.78 is 13.5. The lowest BCUT2D eigenvalue weighted by Gasteiger charge is -2.25. The number of anilines is 2. The van der Waals surface area contributed by atoms with E-state index in [0.29, 0.717) is 6.54 Å². The molecule has 20 heavy (non-hydrogen) atoms. The lowest BCUT2D eigenvalue weighted by molar-refractivity contribution is 0.624. The Morgan fingerprint density at radius 1 is 1.15 bits per heavy atom. The molecular weight excluding hydrogens is 275 g/mol. The first-order valence-electron chi connectivity index (χ1n) is 6.76. The molecule has 0 fully saturated rings. The van der Waals surface area contributed by atoms with Crippen molar-refractivity contribution in [3.05, 3.63) is 58.9 Å². The maximum Gasteiger partial charge on any atom is 0.142 e. The molecule has 0 atom stereocenters. The average Bonchev–Trinajstić information content (AvgIpc) is 2.67. The second kappa shape index (κ2) is 5.71. The molecular formula is C16H16ClFN2. The number of nitrogens with zero attached hydrogens (tertiary/aromatic N) is 1. The summed E-state index contributed by atoms with van der Waals surface area (Å²) >= 11 is 6.06. The van der Waals surface area contributed by atoms with Gasteiger partial charge in [-0.2, -0.15) is 0 Å². The van der Waals surface area contributed by atoms with E-state index >= 15 is 0 Å². The normalized spacial score (nSPS) is 14.4. The van der Waals surface area contributed by atoms with Gasteiger partial charge in [-0.1, -0.05) is 35.9 Å². The molecule has 0 unspecified atom stereocenters. The van der Waals surface area contributed by atoms with E-state index in [1.165, 1.54) is 6.07 Å². The van der Waals surface area contributed by atoms with Gasteiger partial charge in [0, 0.05) is 19.6 Å². The van der Waals surface area contributed by atoms with E-state index in [9.17, 15) is 4.39 Å². The van der Waals surface area contributed by atoms with E-state index in [-0.39, 0.29) is 10.8 Å². The van der Waals surface area contributed by atoms with Crippen molar-refractivity contribution in [1.29, 1.82) is 0 Å². The molecule has 2 aromatic carbocycles. The van der Waals surface area contributed by atoms with Gasteiger partial charge in [-0.3, -0.25) is 0 Å². The van der Waals surface area contributed by atoms with Crippen molar-refractivity contribution in [2.75, 3.05) is 23.3 Å². The summed E-state index contributed by atoms with van der Waals surface area (Å²) in [6, 6.07) is 13.2. The molecule has 0 saturated heterocycles. The van der Waals surface area contributed by atoms with Gasteiger partial charge in [-0.25, -0.2) is 4.39 Å². The van der Waals surface area contributed by atoms with Gasteiger partial charge < -0.3 is 10.2 Å². The van der Waals surface area contributed by atoms with Crippen molar-refractivity contribution in [2.45, 2.75) is 13.0 Å². The molecule has 0 radical (unpaired) electrons. The topological polar surface area (TPSA) is 15.3 Å². The molecule has 0 saturated carbocycles. The summed E-state index contributed by atoms with van der Waals surface area (Å²) in [6.07, 6.45) is 1.04. The van der Waals surface area contributed by atoms with Crippen molar-refractivity contribution < 1.29 is 4.39 Å². The van der Waals surface area contributed by atoms with Crippen LogP contribution in [-0.2, 0) is 6.54 Å². The Labute approximate surface area is 123 Å². The number of hydrogen-bond donors (Lipinski definition) is 1. The third-order valence-corrected chi connectivity index (χ3v) is 3.98. The standard InChI is InChI=1S/C16H16ClFN2/c17-16-12(5-3-6-13(16)18)11-20-10-4-9-19-14-7-1-2-8-15(14)20/h1-3,5-8,19H,4,9-11H2. The molecule has 104 valence electrons. The zero-order chi connectivity index (χ0) is 13.9. The van der Waals surface area contributed by atoms with Gasteiger partial charge >= 0.3 is 0 Å². The largest absolute Gasteiger partial charge is 0.383 e. The summed E-state index contributed by atoms with van der Waals surface area (Å²) in [5.74, 6) is -0.356. The minimum atomic E-state index is -0.356. The molecule has 0 amide bonds. The third kappa shape index (κ3) is 2.59. The van der Waals surface area contributed by atoms with Crippen LogP contribution in [0.1, 0.15) is 12.0 Å². The van der Waals surface area contributed by atoms with Crippen molar-refractivity contribution in [3.8, 4) is 0 Å². The highest BCUT2D eigenvalue weighted by molar-refractivity contribution is 6.31. The molecule has 1 heterocycles. The van der Waals surface area contributed by atoms with E-state index < -0.39 is 0 Å². The molecule has 0 aliphatic carbocycles. The summed E-state index contributed by atoms with van der Waals surface area (Å²) in [7, 11) is 0. The van der Waals surface area contributed by atoms with E-state index in [4.69, 9.17) is 11.6 Å². The van der Waals surface area contributed by atoms with Gasteiger partial charge in [-0.15, -0.1) is 0 Å².